The molecule has 0 fully saturated rings. The van der Waals surface area contributed by atoms with Crippen molar-refractivity contribution in [2.24, 2.45) is 0 Å². The Kier molecular flexibility index (Phi) is 9.23. The summed E-state index contributed by atoms with van der Waals surface area (Å²) in [5.41, 5.74) is 5.22. The largest absolute Gasteiger partial charge is 0.291 e. The van der Waals surface area contributed by atoms with Crippen molar-refractivity contribution >= 4 is 16.1 Å². The van der Waals surface area contributed by atoms with Gasteiger partial charge in [0, 0.05) is 19.6 Å². The Morgan fingerprint density at radius 2 is 1.04 bits per heavy atom. The van der Waals surface area contributed by atoms with Gasteiger partial charge in [-0.3, -0.25) is 4.90 Å². The lowest BCUT2D eigenvalue weighted by Gasteiger charge is -2.32. The van der Waals surface area contributed by atoms with Gasteiger partial charge in [-0.15, -0.1) is 0 Å². The predicted octanol–water partition coefficient (Wildman–Crippen LogP) is 7.82. The van der Waals surface area contributed by atoms with E-state index in [1.165, 1.54) is 67.0 Å². The van der Waals surface area contributed by atoms with Crippen molar-refractivity contribution in [3.8, 4) is 0 Å². The van der Waals surface area contributed by atoms with Gasteiger partial charge in [0.25, 0.3) is 0 Å². The number of hydrogen-bond acceptors (Lipinski definition) is 1. The summed E-state index contributed by atoms with van der Waals surface area (Å²) in [5.74, 6) is 0. The minimum Gasteiger partial charge on any atom is -0.291 e. The highest BCUT2D eigenvalue weighted by Crippen LogP contribution is 2.38. The molecule has 1 aliphatic rings. The highest BCUT2D eigenvalue weighted by molar-refractivity contribution is 6.81. The minimum absolute atomic E-state index is 1.12. The van der Waals surface area contributed by atoms with Crippen LogP contribution in [0.15, 0.2) is 41.5 Å². The van der Waals surface area contributed by atoms with E-state index in [1.54, 1.807) is 0 Å². The molecule has 0 bridgehead atoms. The average molecular weight is 416 g/mol. The van der Waals surface area contributed by atoms with Crippen LogP contribution in [0.5, 0.6) is 0 Å². The zero-order chi connectivity index (χ0) is 20.6. The van der Waals surface area contributed by atoms with E-state index in [1.807, 2.05) is 11.1 Å². The molecule has 1 heterocycles. The summed E-state index contributed by atoms with van der Waals surface area (Å²) >= 11 is 0. The molecule has 2 rings (SSSR count). The highest BCUT2D eigenvalue weighted by atomic mass is 28.3. The molecule has 158 valence electrons. The molecule has 28 heavy (non-hydrogen) atoms. The molecule has 1 aliphatic heterocycles. The standard InChI is InChI=1S/C25H45NSi2/c1-7-27(8-2,9-3)21-24-19-26(18-23-16-14-13-15-17-23)20-25(24)22-28(10-4,11-5)12-6/h13-17H,7-12,18-22H2,1-6H3. The van der Waals surface area contributed by atoms with Gasteiger partial charge in [0.15, 0.2) is 0 Å². The van der Waals surface area contributed by atoms with Gasteiger partial charge in [-0.2, -0.15) is 0 Å². The molecule has 0 aromatic heterocycles. The third-order valence-corrected chi connectivity index (χ3v) is 19.6. The first-order valence-electron chi connectivity index (χ1n) is 11.9. The second-order valence-corrected chi connectivity index (χ2v) is 20.3. The van der Waals surface area contributed by atoms with E-state index in [0.717, 1.165) is 6.54 Å². The van der Waals surface area contributed by atoms with E-state index >= 15 is 0 Å². The van der Waals surface area contributed by atoms with Crippen LogP contribution in [0.4, 0.5) is 0 Å². The zero-order valence-corrected chi connectivity index (χ0v) is 21.6. The van der Waals surface area contributed by atoms with Crippen molar-refractivity contribution in [2.45, 2.75) is 96.4 Å². The molecule has 3 heteroatoms. The van der Waals surface area contributed by atoms with Crippen LogP contribution in [-0.4, -0.2) is 34.1 Å². The predicted molar refractivity (Wildman–Crippen MR) is 133 cm³/mol. The number of benzene rings is 1. The van der Waals surface area contributed by atoms with Crippen molar-refractivity contribution in [1.82, 2.24) is 4.90 Å². The molecule has 1 nitrogen and oxygen atoms in total. The number of hydrogen-bond donors (Lipinski definition) is 0. The number of nitrogens with zero attached hydrogens (tertiary/aromatic N) is 1. The molecule has 1 aromatic carbocycles. The van der Waals surface area contributed by atoms with Crippen LogP contribution in [-0.2, 0) is 6.54 Å². The van der Waals surface area contributed by atoms with Crippen LogP contribution >= 0.6 is 0 Å². The molecule has 0 N–H and O–H groups in total. The van der Waals surface area contributed by atoms with Crippen molar-refractivity contribution < 1.29 is 0 Å². The molecule has 0 radical (unpaired) electrons. The van der Waals surface area contributed by atoms with Crippen LogP contribution in [0.2, 0.25) is 48.4 Å². The summed E-state index contributed by atoms with van der Waals surface area (Å²) in [6.45, 7) is 18.4. The van der Waals surface area contributed by atoms with Crippen LogP contribution in [0.3, 0.4) is 0 Å². The van der Waals surface area contributed by atoms with Crippen LogP contribution in [0.1, 0.15) is 47.1 Å². The van der Waals surface area contributed by atoms with E-state index in [9.17, 15) is 0 Å². The maximum atomic E-state index is 2.74. The second kappa shape index (κ2) is 10.9. The maximum absolute atomic E-state index is 2.74. The molecule has 1 aromatic rings. The molecule has 0 unspecified atom stereocenters. The maximum Gasteiger partial charge on any atom is 0.0568 e. The van der Waals surface area contributed by atoms with Gasteiger partial charge in [0.1, 0.15) is 0 Å². The SMILES string of the molecule is CC[Si](CC)(CC)CC1=C(C[Si](CC)(CC)CC)CN(Cc2ccccc2)C1. The second-order valence-electron chi connectivity index (χ2n) is 9.31. The van der Waals surface area contributed by atoms with Crippen LogP contribution in [0.25, 0.3) is 0 Å². The van der Waals surface area contributed by atoms with Crippen molar-refractivity contribution in [3.05, 3.63) is 47.0 Å². The minimum atomic E-state index is -1.12. The van der Waals surface area contributed by atoms with E-state index in [-0.39, 0.29) is 0 Å². The van der Waals surface area contributed by atoms with E-state index < -0.39 is 16.1 Å². The van der Waals surface area contributed by atoms with Crippen molar-refractivity contribution in [2.75, 3.05) is 13.1 Å². The highest BCUT2D eigenvalue weighted by Gasteiger charge is 2.35. The van der Waals surface area contributed by atoms with Crippen molar-refractivity contribution in [3.63, 3.8) is 0 Å². The van der Waals surface area contributed by atoms with Gasteiger partial charge in [0.2, 0.25) is 0 Å². The molecule has 0 spiro atoms. The monoisotopic (exact) mass is 415 g/mol. The van der Waals surface area contributed by atoms with Gasteiger partial charge in [-0.05, 0) is 17.7 Å². The summed E-state index contributed by atoms with van der Waals surface area (Å²) in [7, 11) is -2.24. The van der Waals surface area contributed by atoms with Crippen LogP contribution in [0, 0.1) is 0 Å². The molecule has 0 amide bonds. The summed E-state index contributed by atoms with van der Waals surface area (Å²) in [4.78, 5) is 2.74. The van der Waals surface area contributed by atoms with Crippen molar-refractivity contribution in [1.29, 1.82) is 0 Å². The quantitative estimate of drug-likeness (QED) is 0.248. The Labute approximate surface area is 177 Å². The van der Waals surface area contributed by atoms with Gasteiger partial charge < -0.3 is 0 Å². The Balaban J connectivity index is 2.25. The molecule has 0 saturated carbocycles. The molecular formula is C25H45NSi2. The smallest absolute Gasteiger partial charge is 0.0568 e. The first kappa shape index (κ1) is 23.6. The fraction of sp³-hybridized carbons (Fsp3) is 0.680. The van der Waals surface area contributed by atoms with E-state index in [2.05, 4.69) is 76.8 Å². The topological polar surface area (TPSA) is 3.24 Å². The van der Waals surface area contributed by atoms with Gasteiger partial charge in [-0.1, -0.05) is 119 Å². The number of rotatable bonds is 12. The molecule has 0 aliphatic carbocycles. The Bertz CT molecular complexity index is 564. The molecule has 0 atom stereocenters. The Morgan fingerprint density at radius 3 is 1.39 bits per heavy atom. The third kappa shape index (κ3) is 5.70. The fourth-order valence-electron chi connectivity index (χ4n) is 5.29. The normalized spacial score (nSPS) is 16.2. The molecular weight excluding hydrogens is 370 g/mol. The fourth-order valence-corrected chi connectivity index (χ4v) is 12.3. The van der Waals surface area contributed by atoms with E-state index in [4.69, 9.17) is 0 Å². The van der Waals surface area contributed by atoms with Gasteiger partial charge >= 0.3 is 0 Å². The third-order valence-electron chi connectivity index (χ3n) is 8.25. The zero-order valence-electron chi connectivity index (χ0n) is 19.6. The average Bonchev–Trinajstić information content (AvgIpc) is 3.11. The Hall–Kier alpha value is -0.646. The lowest BCUT2D eigenvalue weighted by atomic mass is 10.2. The first-order chi connectivity index (χ1) is 13.5. The lowest BCUT2D eigenvalue weighted by Crippen LogP contribution is -2.33. The van der Waals surface area contributed by atoms with Gasteiger partial charge in [-0.25, -0.2) is 0 Å². The summed E-state index contributed by atoms with van der Waals surface area (Å²) in [6, 6.07) is 22.8. The summed E-state index contributed by atoms with van der Waals surface area (Å²) in [6.07, 6.45) is 0. The lowest BCUT2D eigenvalue weighted by molar-refractivity contribution is 0.337. The summed E-state index contributed by atoms with van der Waals surface area (Å²) < 4.78 is 0. The van der Waals surface area contributed by atoms with E-state index in [0.29, 0.717) is 0 Å². The first-order valence-corrected chi connectivity index (χ1v) is 17.6. The van der Waals surface area contributed by atoms with Crippen LogP contribution < -0.4 is 0 Å². The summed E-state index contributed by atoms with van der Waals surface area (Å²) in [5, 5.41) is 0. The van der Waals surface area contributed by atoms with Gasteiger partial charge in [0.05, 0.1) is 16.1 Å². The molecule has 0 saturated heterocycles. The Morgan fingerprint density at radius 1 is 0.643 bits per heavy atom.